The Morgan fingerprint density at radius 2 is 2.38 bits per heavy atom. The third-order valence-electron chi connectivity index (χ3n) is 4.01. The van der Waals surface area contributed by atoms with Crippen molar-refractivity contribution in [3.05, 3.63) is 0 Å². The first kappa shape index (κ1) is 11.9. The van der Waals surface area contributed by atoms with Gasteiger partial charge in [0.15, 0.2) is 0 Å². The van der Waals surface area contributed by atoms with E-state index in [9.17, 15) is 4.79 Å². The average molecular weight is 225 g/mol. The predicted octanol–water partition coefficient (Wildman–Crippen LogP) is 0.372. The minimum Gasteiger partial charge on any atom is -0.353 e. The zero-order valence-electron chi connectivity index (χ0n) is 10.1. The molecule has 4 N–H and O–H groups in total. The molecule has 0 aromatic heterocycles. The number of rotatable bonds is 5. The third kappa shape index (κ3) is 2.38. The standard InChI is InChI=1S/C12H23N3O/c1-2-12(6-3-7-15-12)11(16)14-8-10(13)9-4-5-9/h9-10,15H,2-8,13H2,1H3,(H,14,16). The van der Waals surface area contributed by atoms with Crippen molar-refractivity contribution in [2.45, 2.75) is 50.6 Å². The van der Waals surface area contributed by atoms with Crippen LogP contribution in [0.1, 0.15) is 39.0 Å². The number of amides is 1. The molecule has 1 aliphatic heterocycles. The van der Waals surface area contributed by atoms with Gasteiger partial charge in [0.25, 0.3) is 0 Å². The summed E-state index contributed by atoms with van der Waals surface area (Å²) in [5.41, 5.74) is 5.66. The number of hydrogen-bond acceptors (Lipinski definition) is 3. The summed E-state index contributed by atoms with van der Waals surface area (Å²) in [6.45, 7) is 3.65. The molecular weight excluding hydrogens is 202 g/mol. The van der Waals surface area contributed by atoms with Crippen molar-refractivity contribution in [2.24, 2.45) is 11.7 Å². The van der Waals surface area contributed by atoms with Crippen molar-refractivity contribution in [3.63, 3.8) is 0 Å². The highest BCUT2D eigenvalue weighted by Crippen LogP contribution is 2.31. The summed E-state index contributed by atoms with van der Waals surface area (Å²) in [5, 5.41) is 6.35. The lowest BCUT2D eigenvalue weighted by Crippen LogP contribution is -2.55. The molecule has 4 nitrogen and oxygen atoms in total. The number of hydrogen-bond donors (Lipinski definition) is 3. The van der Waals surface area contributed by atoms with E-state index in [0.29, 0.717) is 12.5 Å². The Kier molecular flexibility index (Phi) is 3.50. The van der Waals surface area contributed by atoms with Crippen LogP contribution >= 0.6 is 0 Å². The minimum atomic E-state index is -0.316. The van der Waals surface area contributed by atoms with Gasteiger partial charge < -0.3 is 16.4 Å². The van der Waals surface area contributed by atoms with Crippen molar-refractivity contribution in [1.82, 2.24) is 10.6 Å². The van der Waals surface area contributed by atoms with Crippen molar-refractivity contribution in [3.8, 4) is 0 Å². The molecule has 0 aromatic rings. The van der Waals surface area contributed by atoms with Gasteiger partial charge in [-0.1, -0.05) is 6.92 Å². The van der Waals surface area contributed by atoms with E-state index in [0.717, 1.165) is 25.8 Å². The molecule has 1 heterocycles. The summed E-state index contributed by atoms with van der Waals surface area (Å²) < 4.78 is 0. The number of carbonyl (C=O) groups excluding carboxylic acids is 1. The number of carbonyl (C=O) groups is 1. The van der Waals surface area contributed by atoms with Gasteiger partial charge in [-0.3, -0.25) is 4.79 Å². The molecule has 2 fully saturated rings. The fourth-order valence-corrected chi connectivity index (χ4v) is 2.53. The van der Waals surface area contributed by atoms with Crippen LogP contribution in [0.4, 0.5) is 0 Å². The van der Waals surface area contributed by atoms with E-state index in [4.69, 9.17) is 5.73 Å². The van der Waals surface area contributed by atoms with Crippen molar-refractivity contribution in [2.75, 3.05) is 13.1 Å². The van der Waals surface area contributed by atoms with Crippen LogP contribution in [0.3, 0.4) is 0 Å². The van der Waals surface area contributed by atoms with E-state index >= 15 is 0 Å². The molecule has 1 saturated carbocycles. The monoisotopic (exact) mass is 225 g/mol. The van der Waals surface area contributed by atoms with Crippen molar-refractivity contribution >= 4 is 5.91 Å². The van der Waals surface area contributed by atoms with Crippen LogP contribution < -0.4 is 16.4 Å². The zero-order chi connectivity index (χ0) is 11.6. The minimum absolute atomic E-state index is 0.142. The number of nitrogens with one attached hydrogen (secondary N) is 2. The molecule has 1 saturated heterocycles. The second-order valence-electron chi connectivity index (χ2n) is 5.18. The van der Waals surface area contributed by atoms with Gasteiger partial charge in [0, 0.05) is 12.6 Å². The Morgan fingerprint density at radius 1 is 1.62 bits per heavy atom. The van der Waals surface area contributed by atoms with Gasteiger partial charge in [-0.15, -0.1) is 0 Å². The highest BCUT2D eigenvalue weighted by atomic mass is 16.2. The van der Waals surface area contributed by atoms with Gasteiger partial charge in [0.1, 0.15) is 0 Å². The lowest BCUT2D eigenvalue weighted by atomic mass is 9.93. The van der Waals surface area contributed by atoms with Gasteiger partial charge in [0.2, 0.25) is 5.91 Å². The second kappa shape index (κ2) is 4.72. The fourth-order valence-electron chi connectivity index (χ4n) is 2.53. The Hall–Kier alpha value is -0.610. The molecule has 4 heteroatoms. The highest BCUT2D eigenvalue weighted by molar-refractivity contribution is 5.86. The topological polar surface area (TPSA) is 67.2 Å². The Labute approximate surface area is 97.3 Å². The molecule has 1 amide bonds. The first-order valence-electron chi connectivity index (χ1n) is 6.47. The summed E-state index contributed by atoms with van der Waals surface area (Å²) >= 11 is 0. The van der Waals surface area contributed by atoms with Crippen molar-refractivity contribution < 1.29 is 4.79 Å². The van der Waals surface area contributed by atoms with Crippen LogP contribution in [0, 0.1) is 5.92 Å². The first-order chi connectivity index (χ1) is 7.68. The second-order valence-corrected chi connectivity index (χ2v) is 5.18. The molecule has 0 radical (unpaired) electrons. The first-order valence-corrected chi connectivity index (χ1v) is 6.47. The van der Waals surface area contributed by atoms with Gasteiger partial charge in [-0.05, 0) is 44.6 Å². The molecule has 0 spiro atoms. The largest absolute Gasteiger partial charge is 0.353 e. The maximum atomic E-state index is 12.1. The zero-order valence-corrected chi connectivity index (χ0v) is 10.1. The van der Waals surface area contributed by atoms with Crippen molar-refractivity contribution in [1.29, 1.82) is 0 Å². The van der Waals surface area contributed by atoms with Crippen LogP contribution in [-0.4, -0.2) is 30.6 Å². The maximum Gasteiger partial charge on any atom is 0.240 e. The SMILES string of the molecule is CCC1(C(=O)NCC(N)C2CC2)CCCN1. The third-order valence-corrected chi connectivity index (χ3v) is 4.01. The molecule has 92 valence electrons. The summed E-state index contributed by atoms with van der Waals surface area (Å²) in [6.07, 6.45) is 5.36. The average Bonchev–Trinajstić information content (AvgIpc) is 3.04. The van der Waals surface area contributed by atoms with Crippen LogP contribution in [-0.2, 0) is 4.79 Å². The van der Waals surface area contributed by atoms with E-state index in [1.54, 1.807) is 0 Å². The molecule has 0 aromatic carbocycles. The molecular formula is C12H23N3O. The molecule has 2 rings (SSSR count). The van der Waals surface area contributed by atoms with Crippen LogP contribution in [0.2, 0.25) is 0 Å². The molecule has 16 heavy (non-hydrogen) atoms. The Morgan fingerprint density at radius 3 is 2.88 bits per heavy atom. The molecule has 1 aliphatic carbocycles. The Balaban J connectivity index is 1.81. The lowest BCUT2D eigenvalue weighted by molar-refractivity contribution is -0.127. The quantitative estimate of drug-likeness (QED) is 0.633. The maximum absolute atomic E-state index is 12.1. The van der Waals surface area contributed by atoms with Gasteiger partial charge in [-0.2, -0.15) is 0 Å². The highest BCUT2D eigenvalue weighted by Gasteiger charge is 2.39. The van der Waals surface area contributed by atoms with E-state index in [1.807, 2.05) is 0 Å². The predicted molar refractivity (Wildman–Crippen MR) is 64.0 cm³/mol. The molecule has 2 unspecified atom stereocenters. The Bertz CT molecular complexity index is 257. The van der Waals surface area contributed by atoms with Crippen LogP contribution in [0.25, 0.3) is 0 Å². The summed E-state index contributed by atoms with van der Waals surface area (Å²) in [6, 6.07) is 0.152. The smallest absolute Gasteiger partial charge is 0.240 e. The lowest BCUT2D eigenvalue weighted by Gasteiger charge is -2.27. The molecule has 0 bridgehead atoms. The van der Waals surface area contributed by atoms with Gasteiger partial charge >= 0.3 is 0 Å². The fraction of sp³-hybridized carbons (Fsp3) is 0.917. The van der Waals surface area contributed by atoms with E-state index in [2.05, 4.69) is 17.6 Å². The van der Waals surface area contributed by atoms with E-state index in [1.165, 1.54) is 12.8 Å². The molecule has 2 atom stereocenters. The van der Waals surface area contributed by atoms with E-state index in [-0.39, 0.29) is 17.5 Å². The normalized spacial score (nSPS) is 31.4. The van der Waals surface area contributed by atoms with Crippen LogP contribution in [0.5, 0.6) is 0 Å². The number of nitrogens with two attached hydrogens (primary N) is 1. The van der Waals surface area contributed by atoms with Crippen LogP contribution in [0.15, 0.2) is 0 Å². The summed E-state index contributed by atoms with van der Waals surface area (Å²) in [4.78, 5) is 12.1. The van der Waals surface area contributed by atoms with Gasteiger partial charge in [-0.25, -0.2) is 0 Å². The van der Waals surface area contributed by atoms with E-state index < -0.39 is 0 Å². The molecule has 2 aliphatic rings. The summed E-state index contributed by atoms with van der Waals surface area (Å²) in [7, 11) is 0. The van der Waals surface area contributed by atoms with Gasteiger partial charge in [0.05, 0.1) is 5.54 Å². The summed E-state index contributed by atoms with van der Waals surface area (Å²) in [5.74, 6) is 0.790.